The fourth-order valence-corrected chi connectivity index (χ4v) is 1.35. The third-order valence-corrected chi connectivity index (χ3v) is 2.12. The van der Waals surface area contributed by atoms with Gasteiger partial charge in [-0.15, -0.1) is 12.3 Å². The first-order valence-electron chi connectivity index (χ1n) is 5.00. The van der Waals surface area contributed by atoms with Crippen molar-refractivity contribution in [3.63, 3.8) is 0 Å². The maximum absolute atomic E-state index is 9.57. The number of benzene rings is 1. The molecule has 1 rings (SSSR count). The van der Waals surface area contributed by atoms with Crippen LogP contribution < -0.4 is 4.74 Å². The zero-order valence-electron chi connectivity index (χ0n) is 9.16. The Hall–Kier alpha value is -1.46. The Morgan fingerprint density at radius 3 is 2.87 bits per heavy atom. The van der Waals surface area contributed by atoms with Crippen molar-refractivity contribution in [1.82, 2.24) is 0 Å². The van der Waals surface area contributed by atoms with Crippen LogP contribution in [0.5, 0.6) is 5.75 Å². The van der Waals surface area contributed by atoms with E-state index in [1.165, 1.54) is 0 Å². The molecule has 80 valence electrons. The van der Waals surface area contributed by atoms with E-state index in [9.17, 15) is 5.11 Å². The second kappa shape index (κ2) is 5.43. The quantitative estimate of drug-likeness (QED) is 0.603. The molecule has 0 aromatic heterocycles. The molecule has 1 aromatic carbocycles. The lowest BCUT2D eigenvalue weighted by atomic mass is 10.1. The first-order valence-corrected chi connectivity index (χ1v) is 5.00. The fraction of sp³-hybridized carbons (Fsp3) is 0.385. The molecule has 0 fully saturated rings. The van der Waals surface area contributed by atoms with E-state index in [0.29, 0.717) is 18.8 Å². The molecule has 0 aliphatic heterocycles. The van der Waals surface area contributed by atoms with Crippen molar-refractivity contribution in [3.05, 3.63) is 29.3 Å². The highest BCUT2D eigenvalue weighted by Crippen LogP contribution is 2.26. The molecule has 1 atom stereocenters. The average molecular weight is 204 g/mol. The van der Waals surface area contributed by atoms with Crippen molar-refractivity contribution in [2.75, 3.05) is 6.61 Å². The van der Waals surface area contributed by atoms with E-state index in [1.54, 1.807) is 6.92 Å². The van der Waals surface area contributed by atoms with Crippen LogP contribution in [-0.4, -0.2) is 11.7 Å². The second-order valence-corrected chi connectivity index (χ2v) is 3.52. The van der Waals surface area contributed by atoms with Crippen molar-refractivity contribution < 1.29 is 9.84 Å². The Bertz CT molecular complexity index is 361. The van der Waals surface area contributed by atoms with Gasteiger partial charge in [0, 0.05) is 12.0 Å². The molecule has 2 nitrogen and oxygen atoms in total. The molecule has 0 unspecified atom stereocenters. The van der Waals surface area contributed by atoms with Crippen LogP contribution in [0.3, 0.4) is 0 Å². The van der Waals surface area contributed by atoms with Gasteiger partial charge in [0.2, 0.25) is 0 Å². The molecule has 0 amide bonds. The van der Waals surface area contributed by atoms with Crippen LogP contribution in [0.1, 0.15) is 30.6 Å². The lowest BCUT2D eigenvalue weighted by Gasteiger charge is -2.13. The van der Waals surface area contributed by atoms with Crippen molar-refractivity contribution in [1.29, 1.82) is 0 Å². The molecular weight excluding hydrogens is 188 g/mol. The molecular formula is C13H16O2. The van der Waals surface area contributed by atoms with Gasteiger partial charge in [0.05, 0.1) is 12.7 Å². The Morgan fingerprint density at radius 1 is 1.53 bits per heavy atom. The summed E-state index contributed by atoms with van der Waals surface area (Å²) in [6, 6.07) is 5.75. The molecule has 0 radical (unpaired) electrons. The largest absolute Gasteiger partial charge is 0.492 e. The number of hydrogen-bond donors (Lipinski definition) is 1. The lowest BCUT2D eigenvalue weighted by Crippen LogP contribution is -2.02. The number of rotatable bonds is 4. The summed E-state index contributed by atoms with van der Waals surface area (Å²) in [7, 11) is 0. The maximum atomic E-state index is 9.57. The van der Waals surface area contributed by atoms with Crippen molar-refractivity contribution in [2.45, 2.75) is 26.4 Å². The summed E-state index contributed by atoms with van der Waals surface area (Å²) in [6.45, 7) is 4.19. The fourth-order valence-electron chi connectivity index (χ4n) is 1.35. The minimum absolute atomic E-state index is 0.485. The number of ether oxygens (including phenoxy) is 1. The second-order valence-electron chi connectivity index (χ2n) is 3.52. The Labute approximate surface area is 90.9 Å². The highest BCUT2D eigenvalue weighted by Gasteiger charge is 2.08. The molecule has 1 N–H and O–H groups in total. The average Bonchev–Trinajstić information content (AvgIpc) is 2.20. The van der Waals surface area contributed by atoms with Crippen LogP contribution in [0, 0.1) is 19.3 Å². The Kier molecular flexibility index (Phi) is 4.20. The van der Waals surface area contributed by atoms with E-state index in [0.717, 1.165) is 11.1 Å². The smallest absolute Gasteiger partial charge is 0.125 e. The van der Waals surface area contributed by atoms with E-state index in [1.807, 2.05) is 25.1 Å². The molecule has 0 aliphatic rings. The molecule has 1 aromatic rings. The summed E-state index contributed by atoms with van der Waals surface area (Å²) in [5, 5.41) is 9.57. The summed E-state index contributed by atoms with van der Waals surface area (Å²) in [5.74, 6) is 3.22. The lowest BCUT2D eigenvalue weighted by molar-refractivity contribution is 0.191. The van der Waals surface area contributed by atoms with E-state index in [4.69, 9.17) is 11.2 Å². The third kappa shape index (κ3) is 3.30. The van der Waals surface area contributed by atoms with Crippen LogP contribution in [0.15, 0.2) is 18.2 Å². The van der Waals surface area contributed by atoms with E-state index in [2.05, 4.69) is 5.92 Å². The minimum atomic E-state index is -0.522. The zero-order chi connectivity index (χ0) is 11.3. The van der Waals surface area contributed by atoms with Crippen LogP contribution in [0.25, 0.3) is 0 Å². The van der Waals surface area contributed by atoms with Crippen molar-refractivity contribution in [2.24, 2.45) is 0 Å². The van der Waals surface area contributed by atoms with Crippen LogP contribution >= 0.6 is 0 Å². The maximum Gasteiger partial charge on any atom is 0.125 e. The van der Waals surface area contributed by atoms with Crippen LogP contribution in [0.4, 0.5) is 0 Å². The van der Waals surface area contributed by atoms with Gasteiger partial charge in [-0.05, 0) is 26.0 Å². The molecule has 15 heavy (non-hydrogen) atoms. The summed E-state index contributed by atoms with van der Waals surface area (Å²) in [5.41, 5.74) is 1.92. The molecule has 0 saturated carbocycles. The van der Waals surface area contributed by atoms with Gasteiger partial charge in [0.1, 0.15) is 5.75 Å². The Morgan fingerprint density at radius 2 is 2.27 bits per heavy atom. The van der Waals surface area contributed by atoms with Gasteiger partial charge in [0.15, 0.2) is 0 Å². The number of aliphatic hydroxyl groups excluding tert-OH is 1. The van der Waals surface area contributed by atoms with Gasteiger partial charge in [-0.25, -0.2) is 0 Å². The molecule has 0 spiro atoms. The monoisotopic (exact) mass is 204 g/mol. The molecule has 0 heterocycles. The summed E-state index contributed by atoms with van der Waals surface area (Å²) in [4.78, 5) is 0. The minimum Gasteiger partial charge on any atom is -0.492 e. The van der Waals surface area contributed by atoms with Crippen LogP contribution in [-0.2, 0) is 0 Å². The van der Waals surface area contributed by atoms with Gasteiger partial charge >= 0.3 is 0 Å². The van der Waals surface area contributed by atoms with Gasteiger partial charge < -0.3 is 9.84 Å². The normalized spacial score (nSPS) is 11.9. The Balaban J connectivity index is 2.82. The van der Waals surface area contributed by atoms with E-state index >= 15 is 0 Å². The highest BCUT2D eigenvalue weighted by molar-refractivity contribution is 5.38. The third-order valence-electron chi connectivity index (χ3n) is 2.12. The SMILES string of the molecule is C#CCCOc1ccc(C)cc1[C@@H](C)O. The number of aliphatic hydroxyl groups is 1. The number of terminal acetylenes is 1. The van der Waals surface area contributed by atoms with Gasteiger partial charge in [-0.1, -0.05) is 11.6 Å². The van der Waals surface area contributed by atoms with Crippen molar-refractivity contribution in [3.8, 4) is 18.1 Å². The van der Waals surface area contributed by atoms with E-state index < -0.39 is 6.10 Å². The first-order chi connectivity index (χ1) is 7.15. The summed E-state index contributed by atoms with van der Waals surface area (Å²) < 4.78 is 5.49. The highest BCUT2D eigenvalue weighted by atomic mass is 16.5. The first kappa shape index (κ1) is 11.6. The summed E-state index contributed by atoms with van der Waals surface area (Å²) in [6.07, 6.45) is 5.19. The standard InChI is InChI=1S/C13H16O2/c1-4-5-8-15-13-7-6-10(2)9-12(13)11(3)14/h1,6-7,9,11,14H,5,8H2,2-3H3/t11-/m1/s1. The summed E-state index contributed by atoms with van der Waals surface area (Å²) >= 11 is 0. The van der Waals surface area contributed by atoms with E-state index in [-0.39, 0.29) is 0 Å². The molecule has 0 bridgehead atoms. The molecule has 0 aliphatic carbocycles. The predicted octanol–water partition coefficient (Wildman–Crippen LogP) is 2.45. The molecule has 0 saturated heterocycles. The van der Waals surface area contributed by atoms with Gasteiger partial charge in [0.25, 0.3) is 0 Å². The number of aryl methyl sites for hydroxylation is 1. The predicted molar refractivity (Wildman–Crippen MR) is 60.8 cm³/mol. The van der Waals surface area contributed by atoms with Crippen molar-refractivity contribution >= 4 is 0 Å². The number of hydrogen-bond acceptors (Lipinski definition) is 2. The molecule has 2 heteroatoms. The van der Waals surface area contributed by atoms with Gasteiger partial charge in [-0.2, -0.15) is 0 Å². The topological polar surface area (TPSA) is 29.5 Å². The zero-order valence-corrected chi connectivity index (χ0v) is 9.16. The van der Waals surface area contributed by atoms with Crippen LogP contribution in [0.2, 0.25) is 0 Å². The van der Waals surface area contributed by atoms with Gasteiger partial charge in [-0.3, -0.25) is 0 Å².